The minimum Gasteiger partial charge on any atom is -0.481 e. The Morgan fingerprint density at radius 1 is 1.67 bits per heavy atom. The molecule has 15 heavy (non-hydrogen) atoms. The zero-order valence-corrected chi connectivity index (χ0v) is 9.65. The van der Waals surface area contributed by atoms with Crippen molar-refractivity contribution in [3.8, 4) is 0 Å². The van der Waals surface area contributed by atoms with E-state index in [0.717, 1.165) is 25.9 Å². The Kier molecular flexibility index (Phi) is 4.54. The molecule has 0 aromatic heterocycles. The molecule has 1 aliphatic rings. The Morgan fingerprint density at radius 2 is 2.33 bits per heavy atom. The molecule has 0 bridgehead atoms. The standard InChI is InChI=1S/C11H22N2O2/c1-3-9-7-13(5-4-10(9)12)6-8(2)11(14)15/h8-10H,3-7,12H2,1-2H3,(H,14,15). The number of rotatable bonds is 4. The molecule has 3 unspecified atom stereocenters. The van der Waals surface area contributed by atoms with Gasteiger partial charge in [0.05, 0.1) is 5.92 Å². The summed E-state index contributed by atoms with van der Waals surface area (Å²) in [6.07, 6.45) is 2.07. The Hall–Kier alpha value is -0.610. The minimum atomic E-state index is -0.710. The number of nitrogens with zero attached hydrogens (tertiary/aromatic N) is 1. The molecule has 1 fully saturated rings. The fourth-order valence-electron chi connectivity index (χ4n) is 2.19. The van der Waals surface area contributed by atoms with E-state index in [1.165, 1.54) is 0 Å². The second-order valence-electron chi connectivity index (χ2n) is 4.62. The summed E-state index contributed by atoms with van der Waals surface area (Å²) in [6.45, 7) is 6.45. The van der Waals surface area contributed by atoms with Gasteiger partial charge in [-0.3, -0.25) is 4.79 Å². The molecule has 0 amide bonds. The summed E-state index contributed by atoms with van der Waals surface area (Å²) in [5, 5.41) is 8.84. The molecule has 3 atom stereocenters. The van der Waals surface area contributed by atoms with Crippen molar-refractivity contribution in [2.75, 3.05) is 19.6 Å². The van der Waals surface area contributed by atoms with Crippen molar-refractivity contribution in [1.29, 1.82) is 0 Å². The van der Waals surface area contributed by atoms with Gasteiger partial charge < -0.3 is 15.7 Å². The van der Waals surface area contributed by atoms with Crippen molar-refractivity contribution >= 4 is 5.97 Å². The number of hydrogen-bond acceptors (Lipinski definition) is 3. The van der Waals surface area contributed by atoms with E-state index in [1.807, 2.05) is 0 Å². The zero-order chi connectivity index (χ0) is 11.4. The maximum absolute atomic E-state index is 10.7. The molecule has 0 aromatic carbocycles. The minimum absolute atomic E-state index is 0.281. The maximum Gasteiger partial charge on any atom is 0.307 e. The number of nitrogens with two attached hydrogens (primary N) is 1. The third kappa shape index (κ3) is 3.47. The van der Waals surface area contributed by atoms with E-state index in [9.17, 15) is 4.79 Å². The number of piperidine rings is 1. The second kappa shape index (κ2) is 5.47. The Balaban J connectivity index is 2.41. The topological polar surface area (TPSA) is 66.6 Å². The number of hydrogen-bond donors (Lipinski definition) is 2. The molecule has 1 rings (SSSR count). The lowest BCUT2D eigenvalue weighted by Gasteiger charge is -2.37. The first-order chi connectivity index (χ1) is 7.04. The monoisotopic (exact) mass is 214 g/mol. The molecule has 1 saturated heterocycles. The number of carboxylic acid groups (broad SMARTS) is 1. The summed E-state index contributed by atoms with van der Waals surface area (Å²) in [7, 11) is 0. The molecule has 4 nitrogen and oxygen atoms in total. The van der Waals surface area contributed by atoms with Crippen LogP contribution in [-0.4, -0.2) is 41.7 Å². The molecule has 88 valence electrons. The van der Waals surface area contributed by atoms with E-state index in [2.05, 4.69) is 11.8 Å². The van der Waals surface area contributed by atoms with Crippen molar-refractivity contribution in [2.45, 2.75) is 32.7 Å². The van der Waals surface area contributed by atoms with Gasteiger partial charge in [0.1, 0.15) is 0 Å². The number of carboxylic acids is 1. The number of likely N-dealkylation sites (tertiary alicyclic amines) is 1. The highest BCUT2D eigenvalue weighted by Gasteiger charge is 2.27. The summed E-state index contributed by atoms with van der Waals surface area (Å²) >= 11 is 0. The van der Waals surface area contributed by atoms with E-state index in [1.54, 1.807) is 6.92 Å². The van der Waals surface area contributed by atoms with Gasteiger partial charge in [-0.25, -0.2) is 0 Å². The normalized spacial score (nSPS) is 30.1. The van der Waals surface area contributed by atoms with Crippen molar-refractivity contribution in [2.24, 2.45) is 17.6 Å². The van der Waals surface area contributed by atoms with Crippen LogP contribution >= 0.6 is 0 Å². The van der Waals surface area contributed by atoms with Gasteiger partial charge in [0, 0.05) is 19.1 Å². The first-order valence-corrected chi connectivity index (χ1v) is 5.75. The van der Waals surface area contributed by atoms with E-state index in [4.69, 9.17) is 10.8 Å². The van der Waals surface area contributed by atoms with Crippen LogP contribution in [0, 0.1) is 11.8 Å². The number of aliphatic carboxylic acids is 1. The van der Waals surface area contributed by atoms with Crippen molar-refractivity contribution in [1.82, 2.24) is 4.90 Å². The van der Waals surface area contributed by atoms with Crippen LogP contribution in [-0.2, 0) is 4.79 Å². The van der Waals surface area contributed by atoms with E-state index in [0.29, 0.717) is 18.5 Å². The highest BCUT2D eigenvalue weighted by atomic mass is 16.4. The van der Waals surface area contributed by atoms with Gasteiger partial charge in [0.25, 0.3) is 0 Å². The molecular formula is C11H22N2O2. The average molecular weight is 214 g/mol. The highest BCUT2D eigenvalue weighted by Crippen LogP contribution is 2.19. The molecule has 0 radical (unpaired) electrons. The number of carbonyl (C=O) groups is 1. The first-order valence-electron chi connectivity index (χ1n) is 5.75. The second-order valence-corrected chi connectivity index (χ2v) is 4.62. The predicted octanol–water partition coefficient (Wildman–Crippen LogP) is 0.766. The average Bonchev–Trinajstić information content (AvgIpc) is 2.20. The fraction of sp³-hybridized carbons (Fsp3) is 0.909. The molecule has 1 heterocycles. The molecule has 3 N–H and O–H groups in total. The maximum atomic E-state index is 10.7. The largest absolute Gasteiger partial charge is 0.481 e. The van der Waals surface area contributed by atoms with Crippen LogP contribution in [0.2, 0.25) is 0 Å². The third-order valence-electron chi connectivity index (χ3n) is 3.35. The Morgan fingerprint density at radius 3 is 2.87 bits per heavy atom. The quantitative estimate of drug-likeness (QED) is 0.725. The van der Waals surface area contributed by atoms with Crippen molar-refractivity contribution in [3.63, 3.8) is 0 Å². The zero-order valence-electron chi connectivity index (χ0n) is 9.65. The van der Waals surface area contributed by atoms with E-state index < -0.39 is 5.97 Å². The highest BCUT2D eigenvalue weighted by molar-refractivity contribution is 5.69. The van der Waals surface area contributed by atoms with Gasteiger partial charge in [-0.05, 0) is 18.9 Å². The van der Waals surface area contributed by atoms with E-state index >= 15 is 0 Å². The predicted molar refractivity (Wildman–Crippen MR) is 59.6 cm³/mol. The lowest BCUT2D eigenvalue weighted by atomic mass is 9.90. The Bertz CT molecular complexity index is 221. The molecule has 1 aliphatic heterocycles. The van der Waals surface area contributed by atoms with Crippen LogP contribution < -0.4 is 5.73 Å². The summed E-state index contributed by atoms with van der Waals surface area (Å²) < 4.78 is 0. The Labute approximate surface area is 91.4 Å². The van der Waals surface area contributed by atoms with E-state index in [-0.39, 0.29) is 5.92 Å². The SMILES string of the molecule is CCC1CN(CC(C)C(=O)O)CCC1N. The molecule has 0 saturated carbocycles. The molecule has 0 aromatic rings. The van der Waals surface area contributed by atoms with Crippen LogP contribution in [0.5, 0.6) is 0 Å². The van der Waals surface area contributed by atoms with Crippen LogP contribution in [0.4, 0.5) is 0 Å². The first kappa shape index (κ1) is 12.5. The van der Waals surface area contributed by atoms with Gasteiger partial charge >= 0.3 is 5.97 Å². The van der Waals surface area contributed by atoms with Gasteiger partial charge in [0.2, 0.25) is 0 Å². The lowest BCUT2D eigenvalue weighted by Crippen LogP contribution is -2.48. The van der Waals surface area contributed by atoms with Gasteiger partial charge in [0.15, 0.2) is 0 Å². The molecule has 0 spiro atoms. The van der Waals surface area contributed by atoms with Crippen LogP contribution in [0.1, 0.15) is 26.7 Å². The van der Waals surface area contributed by atoms with Gasteiger partial charge in [-0.15, -0.1) is 0 Å². The molecule has 4 heteroatoms. The molecule has 0 aliphatic carbocycles. The van der Waals surface area contributed by atoms with Crippen molar-refractivity contribution in [3.05, 3.63) is 0 Å². The van der Waals surface area contributed by atoms with Crippen LogP contribution in [0.3, 0.4) is 0 Å². The summed E-state index contributed by atoms with van der Waals surface area (Å²) in [4.78, 5) is 13.0. The fourth-order valence-corrected chi connectivity index (χ4v) is 2.19. The molecular weight excluding hydrogens is 192 g/mol. The lowest BCUT2D eigenvalue weighted by molar-refractivity contribution is -0.141. The third-order valence-corrected chi connectivity index (χ3v) is 3.35. The van der Waals surface area contributed by atoms with Crippen LogP contribution in [0.15, 0.2) is 0 Å². The summed E-state index contributed by atoms with van der Waals surface area (Å²) in [5.41, 5.74) is 6.00. The van der Waals surface area contributed by atoms with Crippen LogP contribution in [0.25, 0.3) is 0 Å². The van der Waals surface area contributed by atoms with Crippen molar-refractivity contribution < 1.29 is 9.90 Å². The van der Waals surface area contributed by atoms with Gasteiger partial charge in [-0.1, -0.05) is 20.3 Å². The summed E-state index contributed by atoms with van der Waals surface area (Å²) in [6, 6.07) is 0.298. The summed E-state index contributed by atoms with van der Waals surface area (Å²) in [5.74, 6) is -0.463. The van der Waals surface area contributed by atoms with Gasteiger partial charge in [-0.2, -0.15) is 0 Å². The smallest absolute Gasteiger partial charge is 0.307 e.